The van der Waals surface area contributed by atoms with Crippen LogP contribution in [0.5, 0.6) is 5.75 Å². The number of benzene rings is 2. The van der Waals surface area contributed by atoms with Crippen molar-refractivity contribution in [3.8, 4) is 5.75 Å². The van der Waals surface area contributed by atoms with Gasteiger partial charge in [0, 0.05) is 11.5 Å². The molecule has 0 spiro atoms. The Morgan fingerprint density at radius 3 is 2.70 bits per heavy atom. The minimum absolute atomic E-state index is 0.0129. The predicted octanol–water partition coefficient (Wildman–Crippen LogP) is 3.34. The van der Waals surface area contributed by atoms with Crippen LogP contribution in [-0.4, -0.2) is 18.7 Å². The van der Waals surface area contributed by atoms with E-state index in [0.717, 1.165) is 23.4 Å². The van der Waals surface area contributed by atoms with Crippen LogP contribution in [0.4, 0.5) is 0 Å². The van der Waals surface area contributed by atoms with E-state index >= 15 is 0 Å². The molecular formula is C19H20N2O2. The monoisotopic (exact) mass is 308 g/mol. The number of amides is 1. The van der Waals surface area contributed by atoms with E-state index in [0.29, 0.717) is 5.92 Å². The zero-order valence-electron chi connectivity index (χ0n) is 13.3. The lowest BCUT2D eigenvalue weighted by Crippen LogP contribution is -2.21. The van der Waals surface area contributed by atoms with E-state index in [-0.39, 0.29) is 11.8 Å². The van der Waals surface area contributed by atoms with E-state index < -0.39 is 0 Å². The fraction of sp³-hybridized carbons (Fsp3) is 0.263. The second-order valence-electron chi connectivity index (χ2n) is 5.76. The molecule has 1 N–H and O–H groups in total. The standard InChI is InChI=1S/C19H20N2O2/c1-13(15-9-6-10-16(11-15)23-2)20-21-19(22)18-12-17(18)14-7-4-3-5-8-14/h3-11,17-18H,12H2,1-2H3,(H,21,22)/b20-13+. The average molecular weight is 308 g/mol. The first-order chi connectivity index (χ1) is 11.2. The van der Waals surface area contributed by atoms with Crippen molar-refractivity contribution in [2.45, 2.75) is 19.3 Å². The third kappa shape index (κ3) is 3.59. The average Bonchev–Trinajstić information content (AvgIpc) is 3.41. The van der Waals surface area contributed by atoms with Crippen molar-refractivity contribution in [3.63, 3.8) is 0 Å². The van der Waals surface area contributed by atoms with E-state index in [1.165, 1.54) is 5.56 Å². The van der Waals surface area contributed by atoms with Crippen LogP contribution in [0.15, 0.2) is 59.7 Å². The van der Waals surface area contributed by atoms with Gasteiger partial charge in [-0.15, -0.1) is 0 Å². The van der Waals surface area contributed by atoms with E-state index in [1.807, 2.05) is 49.4 Å². The summed E-state index contributed by atoms with van der Waals surface area (Å²) in [6.45, 7) is 1.87. The summed E-state index contributed by atoms with van der Waals surface area (Å²) in [5.41, 5.74) is 5.60. The van der Waals surface area contributed by atoms with Crippen LogP contribution in [-0.2, 0) is 4.79 Å². The maximum absolute atomic E-state index is 12.2. The van der Waals surface area contributed by atoms with Gasteiger partial charge in [0.15, 0.2) is 0 Å². The van der Waals surface area contributed by atoms with Crippen molar-refractivity contribution in [3.05, 3.63) is 65.7 Å². The molecule has 1 fully saturated rings. The minimum Gasteiger partial charge on any atom is -0.497 e. The molecule has 2 unspecified atom stereocenters. The van der Waals surface area contributed by atoms with E-state index in [9.17, 15) is 4.79 Å². The molecule has 1 amide bonds. The van der Waals surface area contributed by atoms with Crippen LogP contribution in [0.1, 0.15) is 30.4 Å². The van der Waals surface area contributed by atoms with Crippen molar-refractivity contribution in [2.75, 3.05) is 7.11 Å². The quantitative estimate of drug-likeness (QED) is 0.680. The minimum atomic E-state index is -0.0129. The molecule has 2 aromatic rings. The molecule has 0 aliphatic heterocycles. The molecule has 4 heteroatoms. The second-order valence-corrected chi connectivity index (χ2v) is 5.76. The Morgan fingerprint density at radius 2 is 1.96 bits per heavy atom. The van der Waals surface area contributed by atoms with Crippen LogP contribution >= 0.6 is 0 Å². The summed E-state index contributed by atoms with van der Waals surface area (Å²) in [6.07, 6.45) is 0.892. The molecule has 2 atom stereocenters. The van der Waals surface area contributed by atoms with Gasteiger partial charge in [0.05, 0.1) is 12.8 Å². The summed E-state index contributed by atoms with van der Waals surface area (Å²) < 4.78 is 5.20. The molecule has 118 valence electrons. The maximum atomic E-state index is 12.2. The Hall–Kier alpha value is -2.62. The molecular weight excluding hydrogens is 288 g/mol. The molecule has 3 rings (SSSR count). The molecule has 0 bridgehead atoms. The lowest BCUT2D eigenvalue weighted by molar-refractivity contribution is -0.122. The molecule has 4 nitrogen and oxygen atoms in total. The fourth-order valence-corrected chi connectivity index (χ4v) is 2.69. The fourth-order valence-electron chi connectivity index (χ4n) is 2.69. The van der Waals surface area contributed by atoms with Crippen molar-refractivity contribution >= 4 is 11.6 Å². The van der Waals surface area contributed by atoms with Crippen molar-refractivity contribution in [1.82, 2.24) is 5.43 Å². The first kappa shape index (κ1) is 15.3. The van der Waals surface area contributed by atoms with Gasteiger partial charge in [-0.3, -0.25) is 4.79 Å². The normalized spacial score (nSPS) is 20.0. The molecule has 0 saturated heterocycles. The second kappa shape index (κ2) is 6.65. The van der Waals surface area contributed by atoms with Crippen LogP contribution in [0.25, 0.3) is 0 Å². The summed E-state index contributed by atoms with van der Waals surface area (Å²) >= 11 is 0. The van der Waals surface area contributed by atoms with Crippen LogP contribution < -0.4 is 10.2 Å². The molecule has 2 aromatic carbocycles. The number of hydrogen-bond acceptors (Lipinski definition) is 3. The largest absolute Gasteiger partial charge is 0.497 e. The topological polar surface area (TPSA) is 50.7 Å². The number of rotatable bonds is 5. The molecule has 1 aliphatic rings. The van der Waals surface area contributed by atoms with Gasteiger partial charge in [0.2, 0.25) is 5.91 Å². The van der Waals surface area contributed by atoms with Crippen molar-refractivity contribution in [1.29, 1.82) is 0 Å². The first-order valence-electron chi connectivity index (χ1n) is 7.72. The van der Waals surface area contributed by atoms with Gasteiger partial charge < -0.3 is 4.74 Å². The smallest absolute Gasteiger partial charge is 0.243 e. The highest BCUT2D eigenvalue weighted by Crippen LogP contribution is 2.47. The number of nitrogens with zero attached hydrogens (tertiary/aromatic N) is 1. The number of carbonyl (C=O) groups excluding carboxylic acids is 1. The van der Waals surface area contributed by atoms with Gasteiger partial charge >= 0.3 is 0 Å². The number of methoxy groups -OCH3 is 1. The van der Waals surface area contributed by atoms with Crippen LogP contribution in [0, 0.1) is 5.92 Å². The first-order valence-corrected chi connectivity index (χ1v) is 7.72. The van der Waals surface area contributed by atoms with E-state index in [1.54, 1.807) is 7.11 Å². The third-order valence-corrected chi connectivity index (χ3v) is 4.18. The molecule has 0 radical (unpaired) electrons. The van der Waals surface area contributed by atoms with Gasteiger partial charge in [-0.1, -0.05) is 42.5 Å². The number of ether oxygens (including phenoxy) is 1. The van der Waals surface area contributed by atoms with Gasteiger partial charge in [0.1, 0.15) is 5.75 Å². The van der Waals surface area contributed by atoms with E-state index in [2.05, 4.69) is 22.7 Å². The lowest BCUT2D eigenvalue weighted by atomic mass is 10.1. The Kier molecular flexibility index (Phi) is 4.42. The summed E-state index contributed by atoms with van der Waals surface area (Å²) in [7, 11) is 1.63. The van der Waals surface area contributed by atoms with Gasteiger partial charge in [-0.05, 0) is 37.0 Å². The SMILES string of the molecule is COc1cccc(/C(C)=N/NC(=O)C2CC2c2ccccc2)c1. The number of carbonyl (C=O) groups is 1. The van der Waals surface area contributed by atoms with Crippen molar-refractivity contribution < 1.29 is 9.53 Å². The van der Waals surface area contributed by atoms with Crippen molar-refractivity contribution in [2.24, 2.45) is 11.0 Å². The highest BCUT2D eigenvalue weighted by molar-refractivity contribution is 5.99. The van der Waals surface area contributed by atoms with Gasteiger partial charge in [-0.2, -0.15) is 5.10 Å². The number of hydrazone groups is 1. The summed E-state index contributed by atoms with van der Waals surface area (Å²) in [5, 5.41) is 4.22. The predicted molar refractivity (Wildman–Crippen MR) is 90.6 cm³/mol. The molecule has 1 saturated carbocycles. The highest BCUT2D eigenvalue weighted by Gasteiger charge is 2.43. The Labute approximate surface area is 136 Å². The van der Waals surface area contributed by atoms with E-state index in [4.69, 9.17) is 4.74 Å². The lowest BCUT2D eigenvalue weighted by Gasteiger charge is -2.05. The van der Waals surface area contributed by atoms with Gasteiger partial charge in [-0.25, -0.2) is 5.43 Å². The zero-order chi connectivity index (χ0) is 16.2. The molecule has 0 aromatic heterocycles. The van der Waals surface area contributed by atoms with Crippen LogP contribution in [0.2, 0.25) is 0 Å². The van der Waals surface area contributed by atoms with Gasteiger partial charge in [0.25, 0.3) is 0 Å². The Bertz CT molecular complexity index is 725. The highest BCUT2D eigenvalue weighted by atomic mass is 16.5. The number of nitrogens with one attached hydrogen (secondary N) is 1. The Morgan fingerprint density at radius 1 is 1.17 bits per heavy atom. The molecule has 0 heterocycles. The maximum Gasteiger partial charge on any atom is 0.243 e. The molecule has 23 heavy (non-hydrogen) atoms. The zero-order valence-corrected chi connectivity index (χ0v) is 13.3. The third-order valence-electron chi connectivity index (χ3n) is 4.18. The Balaban J connectivity index is 1.60. The summed E-state index contributed by atoms with van der Waals surface area (Å²) in [5.74, 6) is 1.11. The summed E-state index contributed by atoms with van der Waals surface area (Å²) in [6, 6.07) is 17.8. The summed E-state index contributed by atoms with van der Waals surface area (Å²) in [4.78, 5) is 12.2. The molecule has 1 aliphatic carbocycles. The number of hydrogen-bond donors (Lipinski definition) is 1. The van der Waals surface area contributed by atoms with Crippen LogP contribution in [0.3, 0.4) is 0 Å².